The molecule has 2 rings (SSSR count). The molecular weight excluding hydrogens is 258 g/mol. The third-order valence-corrected chi connectivity index (χ3v) is 3.85. The van der Waals surface area contributed by atoms with E-state index in [9.17, 15) is 0 Å². The molecule has 1 aromatic carbocycles. The van der Waals surface area contributed by atoms with Crippen LogP contribution in [0.4, 0.5) is 5.69 Å². The van der Waals surface area contributed by atoms with Crippen molar-refractivity contribution in [3.05, 3.63) is 23.2 Å². The van der Waals surface area contributed by atoms with Crippen molar-refractivity contribution in [2.75, 3.05) is 11.9 Å². The highest BCUT2D eigenvalue weighted by Crippen LogP contribution is 2.31. The van der Waals surface area contributed by atoms with Crippen LogP contribution in [-0.4, -0.2) is 12.6 Å². The van der Waals surface area contributed by atoms with Crippen molar-refractivity contribution in [2.45, 2.75) is 57.9 Å². The summed E-state index contributed by atoms with van der Waals surface area (Å²) in [5.41, 5.74) is 1.05. The molecule has 2 nitrogen and oxygen atoms in total. The van der Waals surface area contributed by atoms with Gasteiger partial charge in [-0.2, -0.15) is 0 Å². The molecule has 0 aliphatic heterocycles. The fourth-order valence-corrected chi connectivity index (χ4v) is 2.77. The summed E-state index contributed by atoms with van der Waals surface area (Å²) in [6.45, 7) is 2.87. The highest BCUT2D eigenvalue weighted by atomic mass is 35.5. The van der Waals surface area contributed by atoms with Gasteiger partial charge in [-0.05, 0) is 37.5 Å². The Hall–Kier alpha value is -0.890. The van der Waals surface area contributed by atoms with Gasteiger partial charge in [-0.3, -0.25) is 0 Å². The number of hydrogen-bond acceptors (Lipinski definition) is 2. The van der Waals surface area contributed by atoms with E-state index in [-0.39, 0.29) is 0 Å². The van der Waals surface area contributed by atoms with Gasteiger partial charge in [0.1, 0.15) is 5.75 Å². The highest BCUT2D eigenvalue weighted by molar-refractivity contribution is 6.30. The molecule has 0 saturated heterocycles. The number of halogens is 1. The van der Waals surface area contributed by atoms with E-state index in [2.05, 4.69) is 12.2 Å². The van der Waals surface area contributed by atoms with Gasteiger partial charge in [-0.15, -0.1) is 0 Å². The predicted octanol–water partition coefficient (Wildman–Crippen LogP) is 5.26. The molecular formula is C16H24ClNO. The number of rotatable bonds is 5. The van der Waals surface area contributed by atoms with Crippen LogP contribution in [0.25, 0.3) is 0 Å². The second-order valence-electron chi connectivity index (χ2n) is 5.32. The number of nitrogens with one attached hydrogen (secondary N) is 1. The van der Waals surface area contributed by atoms with E-state index in [1.165, 1.54) is 38.5 Å². The van der Waals surface area contributed by atoms with E-state index in [1.807, 2.05) is 18.2 Å². The topological polar surface area (TPSA) is 21.3 Å². The Kier molecular flexibility index (Phi) is 5.84. The van der Waals surface area contributed by atoms with Crippen LogP contribution in [0.1, 0.15) is 51.9 Å². The van der Waals surface area contributed by atoms with Crippen LogP contribution in [0.15, 0.2) is 18.2 Å². The smallest absolute Gasteiger partial charge is 0.142 e. The molecule has 3 heteroatoms. The lowest BCUT2D eigenvalue weighted by Crippen LogP contribution is -2.18. The second-order valence-corrected chi connectivity index (χ2v) is 5.76. The van der Waals surface area contributed by atoms with Crippen molar-refractivity contribution in [1.29, 1.82) is 0 Å². The van der Waals surface area contributed by atoms with E-state index in [1.54, 1.807) is 0 Å². The minimum Gasteiger partial charge on any atom is -0.491 e. The third kappa shape index (κ3) is 4.61. The van der Waals surface area contributed by atoms with Crippen molar-refractivity contribution in [3.8, 4) is 5.75 Å². The summed E-state index contributed by atoms with van der Waals surface area (Å²) in [4.78, 5) is 0. The van der Waals surface area contributed by atoms with Gasteiger partial charge < -0.3 is 10.1 Å². The van der Waals surface area contributed by atoms with Crippen molar-refractivity contribution in [2.24, 2.45) is 0 Å². The average Bonchev–Trinajstić information content (AvgIpc) is 2.66. The van der Waals surface area contributed by atoms with Crippen LogP contribution in [0.5, 0.6) is 5.75 Å². The molecule has 19 heavy (non-hydrogen) atoms. The summed E-state index contributed by atoms with van der Waals surface area (Å²) >= 11 is 6.11. The SMILES string of the molecule is CCCOc1ccc(Cl)cc1NC1CCCCCC1. The zero-order valence-corrected chi connectivity index (χ0v) is 12.5. The van der Waals surface area contributed by atoms with Crippen molar-refractivity contribution in [1.82, 2.24) is 0 Å². The molecule has 0 amide bonds. The average molecular weight is 282 g/mol. The van der Waals surface area contributed by atoms with Gasteiger partial charge in [0, 0.05) is 11.1 Å². The molecule has 1 aliphatic rings. The van der Waals surface area contributed by atoms with Crippen molar-refractivity contribution in [3.63, 3.8) is 0 Å². The van der Waals surface area contributed by atoms with Crippen LogP contribution >= 0.6 is 11.6 Å². The van der Waals surface area contributed by atoms with Crippen LogP contribution in [-0.2, 0) is 0 Å². The lowest BCUT2D eigenvalue weighted by atomic mass is 10.1. The van der Waals surface area contributed by atoms with E-state index < -0.39 is 0 Å². The van der Waals surface area contributed by atoms with Gasteiger partial charge in [-0.1, -0.05) is 44.2 Å². The molecule has 1 saturated carbocycles. The predicted molar refractivity (Wildman–Crippen MR) is 82.4 cm³/mol. The van der Waals surface area contributed by atoms with Crippen molar-refractivity contribution < 1.29 is 4.74 Å². The number of hydrogen-bond donors (Lipinski definition) is 1. The first-order valence-electron chi connectivity index (χ1n) is 7.48. The molecule has 1 aromatic rings. The Bertz CT molecular complexity index is 386. The molecule has 0 bridgehead atoms. The summed E-state index contributed by atoms with van der Waals surface area (Å²) in [5.74, 6) is 0.926. The molecule has 1 aliphatic carbocycles. The Labute approximate surface area is 121 Å². The summed E-state index contributed by atoms with van der Waals surface area (Å²) in [7, 11) is 0. The lowest BCUT2D eigenvalue weighted by molar-refractivity contribution is 0.318. The standard InChI is InChI=1S/C16H24ClNO/c1-2-11-19-16-10-9-13(17)12-15(16)18-14-7-5-3-4-6-8-14/h9-10,12,14,18H,2-8,11H2,1H3. The molecule has 0 atom stereocenters. The third-order valence-electron chi connectivity index (χ3n) is 3.62. The number of benzene rings is 1. The lowest BCUT2D eigenvalue weighted by Gasteiger charge is -2.20. The quantitative estimate of drug-likeness (QED) is 0.743. The fraction of sp³-hybridized carbons (Fsp3) is 0.625. The maximum atomic E-state index is 6.11. The summed E-state index contributed by atoms with van der Waals surface area (Å²) in [6, 6.07) is 6.41. The first-order chi connectivity index (χ1) is 9.29. The van der Waals surface area contributed by atoms with Crippen LogP contribution in [0.3, 0.4) is 0 Å². The normalized spacial score (nSPS) is 16.9. The van der Waals surface area contributed by atoms with Crippen LogP contribution < -0.4 is 10.1 Å². The van der Waals surface area contributed by atoms with Gasteiger partial charge in [0.05, 0.1) is 12.3 Å². The minimum atomic E-state index is 0.560. The van der Waals surface area contributed by atoms with Gasteiger partial charge in [-0.25, -0.2) is 0 Å². The molecule has 0 heterocycles. The summed E-state index contributed by atoms with van der Waals surface area (Å²) in [6.07, 6.45) is 8.90. The number of anilines is 1. The zero-order chi connectivity index (χ0) is 13.5. The first-order valence-corrected chi connectivity index (χ1v) is 7.86. The van der Waals surface area contributed by atoms with Crippen LogP contribution in [0, 0.1) is 0 Å². The van der Waals surface area contributed by atoms with Gasteiger partial charge in [0.2, 0.25) is 0 Å². The summed E-state index contributed by atoms with van der Waals surface area (Å²) < 4.78 is 5.79. The van der Waals surface area contributed by atoms with E-state index >= 15 is 0 Å². The molecule has 1 fully saturated rings. The van der Waals surface area contributed by atoms with Crippen molar-refractivity contribution >= 4 is 17.3 Å². The van der Waals surface area contributed by atoms with Gasteiger partial charge >= 0.3 is 0 Å². The van der Waals surface area contributed by atoms with E-state index in [0.29, 0.717) is 6.04 Å². The largest absolute Gasteiger partial charge is 0.491 e. The first kappa shape index (κ1) is 14.5. The second kappa shape index (κ2) is 7.64. The molecule has 106 valence electrons. The zero-order valence-electron chi connectivity index (χ0n) is 11.8. The molecule has 0 spiro atoms. The fourth-order valence-electron chi connectivity index (χ4n) is 2.60. The van der Waals surface area contributed by atoms with E-state index in [0.717, 1.165) is 29.5 Å². The van der Waals surface area contributed by atoms with Crippen LogP contribution in [0.2, 0.25) is 5.02 Å². The van der Waals surface area contributed by atoms with Gasteiger partial charge in [0.25, 0.3) is 0 Å². The maximum absolute atomic E-state index is 6.11. The Morgan fingerprint density at radius 1 is 1.21 bits per heavy atom. The monoisotopic (exact) mass is 281 g/mol. The Balaban J connectivity index is 2.05. The Morgan fingerprint density at radius 2 is 1.95 bits per heavy atom. The molecule has 0 aromatic heterocycles. The molecule has 0 unspecified atom stereocenters. The van der Waals surface area contributed by atoms with E-state index in [4.69, 9.17) is 16.3 Å². The highest BCUT2D eigenvalue weighted by Gasteiger charge is 2.14. The molecule has 0 radical (unpaired) electrons. The maximum Gasteiger partial charge on any atom is 0.142 e. The van der Waals surface area contributed by atoms with Gasteiger partial charge in [0.15, 0.2) is 0 Å². The Morgan fingerprint density at radius 3 is 2.63 bits per heavy atom. The minimum absolute atomic E-state index is 0.560. The summed E-state index contributed by atoms with van der Waals surface area (Å²) in [5, 5.41) is 4.39. The molecule has 1 N–H and O–H groups in total. The number of ether oxygens (including phenoxy) is 1.